The van der Waals surface area contributed by atoms with Crippen LogP contribution in [0.4, 0.5) is 0 Å². The molecule has 0 spiro atoms. The van der Waals surface area contributed by atoms with Gasteiger partial charge in [0.15, 0.2) is 0 Å². The van der Waals surface area contributed by atoms with Gasteiger partial charge in [0.25, 0.3) is 5.91 Å². The van der Waals surface area contributed by atoms with E-state index in [2.05, 4.69) is 42.3 Å². The van der Waals surface area contributed by atoms with Gasteiger partial charge in [0.2, 0.25) is 0 Å². The van der Waals surface area contributed by atoms with Crippen LogP contribution in [0.5, 0.6) is 5.75 Å². The lowest BCUT2D eigenvalue weighted by molar-refractivity contribution is 0.0898. The Morgan fingerprint density at radius 1 is 1.15 bits per heavy atom. The van der Waals surface area contributed by atoms with Gasteiger partial charge in [-0.25, -0.2) is 0 Å². The number of carbonyl (C=O) groups excluding carboxylic acids is 1. The van der Waals surface area contributed by atoms with Gasteiger partial charge in [0, 0.05) is 47.4 Å². The van der Waals surface area contributed by atoms with Crippen LogP contribution in [0.1, 0.15) is 42.6 Å². The molecule has 5 nitrogen and oxygen atoms in total. The number of rotatable bonds is 5. The predicted molar refractivity (Wildman–Crippen MR) is 132 cm³/mol. The number of ether oxygens (including phenoxy) is 1. The highest BCUT2D eigenvalue weighted by Gasteiger charge is 2.37. The highest BCUT2D eigenvalue weighted by Crippen LogP contribution is 2.37. The molecule has 2 aromatic carbocycles. The lowest BCUT2D eigenvalue weighted by Gasteiger charge is -2.41. The molecule has 2 aliphatic heterocycles. The Labute approximate surface area is 204 Å². The first-order valence-corrected chi connectivity index (χ1v) is 11.8. The van der Waals surface area contributed by atoms with Gasteiger partial charge in [0.05, 0.1) is 11.5 Å². The van der Waals surface area contributed by atoms with Crippen LogP contribution in [0.2, 0.25) is 10.0 Å². The van der Waals surface area contributed by atoms with Crippen molar-refractivity contribution in [3.63, 3.8) is 0 Å². The fourth-order valence-electron chi connectivity index (χ4n) is 4.38. The third-order valence-electron chi connectivity index (χ3n) is 6.54. The lowest BCUT2D eigenvalue weighted by atomic mass is 9.79. The van der Waals surface area contributed by atoms with Gasteiger partial charge in [-0.1, -0.05) is 41.4 Å². The molecule has 1 fully saturated rings. The third-order valence-corrected chi connectivity index (χ3v) is 6.98. The van der Waals surface area contributed by atoms with Crippen LogP contribution in [0.25, 0.3) is 6.08 Å². The van der Waals surface area contributed by atoms with Gasteiger partial charge in [0.1, 0.15) is 11.4 Å². The molecule has 0 saturated carbocycles. The van der Waals surface area contributed by atoms with Crippen molar-refractivity contribution in [3.05, 3.63) is 69.2 Å². The third kappa shape index (κ3) is 5.35. The number of carbonyl (C=O) groups is 1. The van der Waals surface area contributed by atoms with E-state index in [1.54, 1.807) is 18.2 Å². The van der Waals surface area contributed by atoms with Crippen LogP contribution in [-0.4, -0.2) is 42.6 Å². The lowest BCUT2D eigenvalue weighted by Crippen LogP contribution is -2.47. The molecule has 0 aliphatic carbocycles. The van der Waals surface area contributed by atoms with Crippen molar-refractivity contribution in [2.75, 3.05) is 26.2 Å². The van der Waals surface area contributed by atoms with E-state index in [1.165, 1.54) is 5.57 Å². The number of likely N-dealkylation sites (tertiary alicyclic amines) is 1. The normalized spacial score (nSPS) is 18.9. The van der Waals surface area contributed by atoms with Crippen LogP contribution >= 0.6 is 23.2 Å². The van der Waals surface area contributed by atoms with E-state index in [0.717, 1.165) is 30.9 Å². The second-order valence-corrected chi connectivity index (χ2v) is 10.2. The smallest absolute Gasteiger partial charge is 0.251 e. The van der Waals surface area contributed by atoms with Crippen molar-refractivity contribution >= 4 is 35.2 Å². The maximum Gasteiger partial charge on any atom is 0.251 e. The van der Waals surface area contributed by atoms with Crippen molar-refractivity contribution in [2.24, 2.45) is 5.41 Å². The number of nitriles is 1. The number of fused-ring (bicyclic) bond motifs is 1. The number of hydrogen-bond donors (Lipinski definition) is 1. The summed E-state index contributed by atoms with van der Waals surface area (Å²) in [5.41, 5.74) is 1.74. The maximum atomic E-state index is 12.6. The molecule has 2 aliphatic rings. The van der Waals surface area contributed by atoms with Crippen LogP contribution < -0.4 is 10.1 Å². The summed E-state index contributed by atoms with van der Waals surface area (Å²) in [6, 6.07) is 15.3. The molecule has 7 heteroatoms. The number of para-hydroxylation sites is 1. The molecule has 2 heterocycles. The summed E-state index contributed by atoms with van der Waals surface area (Å²) in [5, 5.41) is 13.6. The minimum Gasteiger partial charge on any atom is -0.483 e. The van der Waals surface area contributed by atoms with Crippen LogP contribution in [0, 0.1) is 16.7 Å². The van der Waals surface area contributed by atoms with E-state index < -0.39 is 5.41 Å². The molecular weight excluding hydrogens is 457 g/mol. The molecule has 1 N–H and O–H groups in total. The first kappa shape index (κ1) is 23.6. The molecule has 0 unspecified atom stereocenters. The van der Waals surface area contributed by atoms with Crippen molar-refractivity contribution in [1.29, 1.82) is 5.26 Å². The van der Waals surface area contributed by atoms with E-state index in [0.29, 0.717) is 35.0 Å². The fraction of sp³-hybridized carbons (Fsp3) is 0.385. The zero-order valence-electron chi connectivity index (χ0n) is 18.8. The summed E-state index contributed by atoms with van der Waals surface area (Å²) in [6.45, 7) is 6.83. The van der Waals surface area contributed by atoms with Crippen molar-refractivity contribution in [2.45, 2.75) is 32.3 Å². The second kappa shape index (κ2) is 9.38. The number of piperidine rings is 1. The molecular formula is C26H27Cl2N3O2. The molecule has 0 radical (unpaired) electrons. The molecule has 1 saturated heterocycles. The number of hydrogen-bond acceptors (Lipinski definition) is 4. The minimum atomic E-state index is -0.589. The maximum absolute atomic E-state index is 12.6. The fourth-order valence-corrected chi connectivity index (χ4v) is 4.90. The van der Waals surface area contributed by atoms with E-state index in [4.69, 9.17) is 27.9 Å². The summed E-state index contributed by atoms with van der Waals surface area (Å²) >= 11 is 12.0. The van der Waals surface area contributed by atoms with Gasteiger partial charge in [-0.05, 0) is 62.6 Å². The summed E-state index contributed by atoms with van der Waals surface area (Å²) < 4.78 is 6.25. The molecule has 1 amide bonds. The minimum absolute atomic E-state index is 0.277. The Morgan fingerprint density at radius 3 is 2.48 bits per heavy atom. The summed E-state index contributed by atoms with van der Waals surface area (Å²) in [6.07, 6.45) is 3.60. The van der Waals surface area contributed by atoms with Gasteiger partial charge >= 0.3 is 0 Å². The number of amides is 1. The molecule has 0 bridgehead atoms. The largest absolute Gasteiger partial charge is 0.483 e. The predicted octanol–water partition coefficient (Wildman–Crippen LogP) is 5.58. The molecule has 4 rings (SSSR count). The number of nitrogens with zero attached hydrogens (tertiary/aromatic N) is 2. The van der Waals surface area contributed by atoms with Gasteiger partial charge in [-0.2, -0.15) is 5.26 Å². The Kier molecular flexibility index (Phi) is 6.72. The first-order valence-electron chi connectivity index (χ1n) is 11.1. The van der Waals surface area contributed by atoms with Gasteiger partial charge in [-0.15, -0.1) is 0 Å². The van der Waals surface area contributed by atoms with Crippen LogP contribution in [-0.2, 0) is 0 Å². The average Bonchev–Trinajstić information content (AvgIpc) is 2.78. The Bertz CT molecular complexity index is 1110. The van der Waals surface area contributed by atoms with Crippen molar-refractivity contribution in [3.8, 4) is 11.8 Å². The molecule has 0 aromatic heterocycles. The molecule has 33 heavy (non-hydrogen) atoms. The highest BCUT2D eigenvalue weighted by molar-refractivity contribution is 6.35. The monoisotopic (exact) mass is 483 g/mol. The summed E-state index contributed by atoms with van der Waals surface area (Å²) in [4.78, 5) is 14.9. The van der Waals surface area contributed by atoms with E-state index in [1.807, 2.05) is 18.2 Å². The Hall–Kier alpha value is -2.52. The van der Waals surface area contributed by atoms with Crippen LogP contribution in [0.15, 0.2) is 48.0 Å². The number of halogens is 2. The zero-order valence-corrected chi connectivity index (χ0v) is 20.3. The quantitative estimate of drug-likeness (QED) is 0.602. The summed E-state index contributed by atoms with van der Waals surface area (Å²) in [5.74, 6) is 0.631. The zero-order chi connectivity index (χ0) is 23.6. The van der Waals surface area contributed by atoms with Crippen molar-refractivity contribution in [1.82, 2.24) is 10.2 Å². The highest BCUT2D eigenvalue weighted by atomic mass is 35.5. The summed E-state index contributed by atoms with van der Waals surface area (Å²) in [7, 11) is 0. The molecule has 0 atom stereocenters. The van der Waals surface area contributed by atoms with E-state index in [9.17, 15) is 10.1 Å². The SMILES string of the molecule is CC1(C)Oc2ccccc2C=C1CN1CCC(C#N)(CNC(=O)c2cc(Cl)cc(Cl)c2)CC1. The number of nitrogens with one attached hydrogen (secondary N) is 1. The first-order chi connectivity index (χ1) is 15.7. The van der Waals surface area contributed by atoms with Gasteiger partial charge < -0.3 is 10.1 Å². The van der Waals surface area contributed by atoms with E-state index >= 15 is 0 Å². The topological polar surface area (TPSA) is 65.4 Å². The van der Waals surface area contributed by atoms with Gasteiger partial charge in [-0.3, -0.25) is 9.69 Å². The second-order valence-electron chi connectivity index (χ2n) is 9.33. The standard InChI is InChI=1S/C26H27Cl2N3O2/c1-25(2)20(11-18-5-3-4-6-23(18)33-25)15-31-9-7-26(16-29,8-10-31)17-30-24(32)19-12-21(27)14-22(28)13-19/h3-6,11-14H,7-10,15,17H2,1-2H3,(H,30,32). The van der Waals surface area contributed by atoms with E-state index in [-0.39, 0.29) is 11.5 Å². The van der Waals surface area contributed by atoms with Crippen LogP contribution in [0.3, 0.4) is 0 Å². The van der Waals surface area contributed by atoms with Crippen molar-refractivity contribution < 1.29 is 9.53 Å². The molecule has 2 aromatic rings. The Balaban J connectivity index is 1.37. The number of benzene rings is 2. The molecule has 172 valence electrons. The average molecular weight is 484 g/mol. The Morgan fingerprint density at radius 2 is 1.82 bits per heavy atom.